The molecule has 0 fully saturated rings. The van der Waals surface area contributed by atoms with Crippen LogP contribution < -0.4 is 3.89 Å². The van der Waals surface area contributed by atoms with Crippen LogP contribution in [-0.2, 0) is 9.53 Å². The summed E-state index contributed by atoms with van der Waals surface area (Å²) in [7, 11) is 6.05. The first-order valence-electron chi connectivity index (χ1n) is 8.11. The summed E-state index contributed by atoms with van der Waals surface area (Å²) in [5, 5.41) is 2.03. The predicted molar refractivity (Wildman–Crippen MR) is 104 cm³/mol. The molecule has 1 atom stereocenters. The Bertz CT molecular complexity index is 774. The van der Waals surface area contributed by atoms with E-state index in [0.29, 0.717) is 16.1 Å². The van der Waals surface area contributed by atoms with Gasteiger partial charge in [0.15, 0.2) is 6.20 Å². The first-order chi connectivity index (χ1) is 12.0. The van der Waals surface area contributed by atoms with Gasteiger partial charge in [-0.05, 0) is 44.6 Å². The van der Waals surface area contributed by atoms with Crippen LogP contribution in [0, 0.1) is 0 Å². The molecule has 2 aromatic heterocycles. The van der Waals surface area contributed by atoms with Gasteiger partial charge < -0.3 is 9.64 Å². The molecule has 0 N–H and O–H groups in total. The van der Waals surface area contributed by atoms with Gasteiger partial charge in [-0.15, -0.1) is 11.3 Å². The minimum Gasteiger partial charge on any atom is -0.419 e. The van der Waals surface area contributed by atoms with Crippen LogP contribution in [0.5, 0.6) is 0 Å². The standard InChI is InChI=1S/C18H22N3O2S2/c1-20(2)11-6-8-17(22)23-14-13-21(3,16-7-4-5-10-19-16)25-15-9-12-24-18(14)15/h4-5,7,9-10,12-13H,6,8,11H2,1-3H3/q+1. The van der Waals surface area contributed by atoms with E-state index in [1.54, 1.807) is 29.5 Å². The van der Waals surface area contributed by atoms with Crippen molar-refractivity contribution in [2.45, 2.75) is 17.7 Å². The molecule has 3 rings (SSSR count). The molecule has 0 aliphatic carbocycles. The summed E-state index contributed by atoms with van der Waals surface area (Å²) in [4.78, 5) is 20.9. The van der Waals surface area contributed by atoms with E-state index in [4.69, 9.17) is 4.74 Å². The molecule has 5 nitrogen and oxygen atoms in total. The molecule has 2 aromatic rings. The molecule has 0 amide bonds. The number of esters is 1. The Balaban J connectivity index is 1.81. The van der Waals surface area contributed by atoms with Crippen LogP contribution in [0.4, 0.5) is 5.82 Å². The van der Waals surface area contributed by atoms with Crippen molar-refractivity contribution in [1.82, 2.24) is 13.8 Å². The van der Waals surface area contributed by atoms with Crippen LogP contribution in [0.1, 0.15) is 17.7 Å². The van der Waals surface area contributed by atoms with Crippen LogP contribution in [-0.4, -0.2) is 43.5 Å². The minimum atomic E-state index is -0.188. The lowest BCUT2D eigenvalue weighted by molar-refractivity contribution is -0.136. The molecule has 0 bridgehead atoms. The summed E-state index contributed by atoms with van der Waals surface area (Å²) in [6.45, 7) is 0.871. The molecule has 0 radical (unpaired) electrons. The van der Waals surface area contributed by atoms with E-state index < -0.39 is 0 Å². The molecule has 0 aromatic carbocycles. The third kappa shape index (κ3) is 4.30. The van der Waals surface area contributed by atoms with E-state index in [-0.39, 0.29) is 5.97 Å². The van der Waals surface area contributed by atoms with E-state index in [0.717, 1.165) is 28.6 Å². The molecule has 1 aliphatic rings. The Morgan fingerprint density at radius 1 is 1.32 bits per heavy atom. The van der Waals surface area contributed by atoms with Gasteiger partial charge in [-0.2, -0.15) is 3.89 Å². The summed E-state index contributed by atoms with van der Waals surface area (Å²) in [5.74, 6) is 1.34. The van der Waals surface area contributed by atoms with Crippen molar-refractivity contribution in [3.05, 3.63) is 46.9 Å². The van der Waals surface area contributed by atoms with Gasteiger partial charge in [0, 0.05) is 18.7 Å². The Morgan fingerprint density at radius 2 is 2.16 bits per heavy atom. The van der Waals surface area contributed by atoms with Gasteiger partial charge in [0.25, 0.3) is 0 Å². The van der Waals surface area contributed by atoms with Gasteiger partial charge in [-0.25, -0.2) is 4.98 Å². The number of ether oxygens (including phenoxy) is 1. The van der Waals surface area contributed by atoms with Gasteiger partial charge in [0.05, 0.1) is 16.8 Å². The molecule has 3 heterocycles. The average molecular weight is 377 g/mol. The van der Waals surface area contributed by atoms with Crippen molar-refractivity contribution in [2.24, 2.45) is 0 Å². The third-order valence-electron chi connectivity index (χ3n) is 3.82. The van der Waals surface area contributed by atoms with E-state index in [1.165, 1.54) is 0 Å². The summed E-state index contributed by atoms with van der Waals surface area (Å²) >= 11 is 3.28. The molecule has 0 saturated carbocycles. The number of hydrogen-bond acceptors (Lipinski definition) is 6. The summed E-state index contributed by atoms with van der Waals surface area (Å²) in [6.07, 6.45) is 4.95. The molecule has 0 saturated heterocycles. The van der Waals surface area contributed by atoms with Crippen LogP contribution in [0.2, 0.25) is 0 Å². The zero-order valence-electron chi connectivity index (χ0n) is 14.6. The Labute approximate surface area is 156 Å². The lowest BCUT2D eigenvalue weighted by atomic mass is 10.3. The Morgan fingerprint density at radius 3 is 2.88 bits per heavy atom. The van der Waals surface area contributed by atoms with Gasteiger partial charge >= 0.3 is 5.97 Å². The van der Waals surface area contributed by atoms with Gasteiger partial charge in [-0.3, -0.25) is 4.79 Å². The van der Waals surface area contributed by atoms with E-state index in [2.05, 4.69) is 16.0 Å². The lowest BCUT2D eigenvalue weighted by Crippen LogP contribution is -2.34. The second-order valence-electron chi connectivity index (χ2n) is 6.26. The predicted octanol–water partition coefficient (Wildman–Crippen LogP) is 3.98. The summed E-state index contributed by atoms with van der Waals surface area (Å²) in [5.41, 5.74) is 0. The second-order valence-corrected chi connectivity index (χ2v) is 8.55. The molecule has 1 aliphatic heterocycles. The first kappa shape index (κ1) is 18.1. The highest BCUT2D eigenvalue weighted by molar-refractivity contribution is 7.99. The van der Waals surface area contributed by atoms with Crippen molar-refractivity contribution in [3.63, 3.8) is 0 Å². The van der Waals surface area contributed by atoms with Gasteiger partial charge in [0.2, 0.25) is 11.6 Å². The van der Waals surface area contributed by atoms with Crippen molar-refractivity contribution >= 4 is 40.8 Å². The fraction of sp³-hybridized carbons (Fsp3) is 0.333. The van der Waals surface area contributed by atoms with Crippen molar-refractivity contribution in [2.75, 3.05) is 27.7 Å². The van der Waals surface area contributed by atoms with E-state index in [9.17, 15) is 4.79 Å². The molecule has 25 heavy (non-hydrogen) atoms. The molecule has 7 heteroatoms. The molecular formula is C18H22N3O2S2+. The molecule has 1 unspecified atom stereocenters. The van der Waals surface area contributed by atoms with Crippen LogP contribution in [0.25, 0.3) is 5.76 Å². The third-order valence-corrected chi connectivity index (χ3v) is 6.09. The maximum atomic E-state index is 12.3. The number of pyridine rings is 1. The highest BCUT2D eigenvalue weighted by Crippen LogP contribution is 2.46. The number of hydrogen-bond donors (Lipinski definition) is 0. The molecule has 0 spiro atoms. The number of rotatable bonds is 6. The normalized spacial score (nSPS) is 19.4. The number of nitrogens with zero attached hydrogens (tertiary/aromatic N) is 3. The molecule has 132 valence electrons. The van der Waals surface area contributed by atoms with Gasteiger partial charge in [-0.1, -0.05) is 6.07 Å². The first-order valence-corrected chi connectivity index (χ1v) is 9.77. The highest BCUT2D eigenvalue weighted by atomic mass is 32.2. The number of thiophene rings is 1. The number of quaternary nitrogens is 1. The van der Waals surface area contributed by atoms with Crippen LogP contribution >= 0.6 is 23.3 Å². The van der Waals surface area contributed by atoms with Crippen LogP contribution in [0.15, 0.2) is 46.9 Å². The molecular weight excluding hydrogens is 354 g/mol. The SMILES string of the molecule is CN(C)CCCC(=O)OC1=C[N+](C)(c2ccccn2)Sc2ccsc21. The number of carbonyl (C=O) groups excluding carboxylic acids is 1. The number of carbonyl (C=O) groups is 1. The monoisotopic (exact) mass is 376 g/mol. The largest absolute Gasteiger partial charge is 0.419 e. The maximum Gasteiger partial charge on any atom is 0.311 e. The fourth-order valence-electron chi connectivity index (χ4n) is 2.58. The Hall–Kier alpha value is -1.67. The van der Waals surface area contributed by atoms with Crippen molar-refractivity contribution in [3.8, 4) is 0 Å². The average Bonchev–Trinajstić information content (AvgIpc) is 3.03. The zero-order chi connectivity index (χ0) is 17.9. The topological polar surface area (TPSA) is 42.4 Å². The second kappa shape index (κ2) is 7.70. The summed E-state index contributed by atoms with van der Waals surface area (Å²) < 4.78 is 6.14. The van der Waals surface area contributed by atoms with Crippen LogP contribution in [0.3, 0.4) is 0 Å². The summed E-state index contributed by atoms with van der Waals surface area (Å²) in [6, 6.07) is 7.92. The zero-order valence-corrected chi connectivity index (χ0v) is 16.3. The van der Waals surface area contributed by atoms with E-state index in [1.807, 2.05) is 50.9 Å². The fourth-order valence-corrected chi connectivity index (χ4v) is 4.73. The Kier molecular flexibility index (Phi) is 5.58. The highest BCUT2D eigenvalue weighted by Gasteiger charge is 2.37. The van der Waals surface area contributed by atoms with E-state index >= 15 is 0 Å². The van der Waals surface area contributed by atoms with Crippen molar-refractivity contribution in [1.29, 1.82) is 0 Å². The lowest BCUT2D eigenvalue weighted by Gasteiger charge is -2.29. The van der Waals surface area contributed by atoms with Crippen molar-refractivity contribution < 1.29 is 9.53 Å². The minimum absolute atomic E-state index is 0.188. The maximum absolute atomic E-state index is 12.3. The quantitative estimate of drug-likeness (QED) is 0.433. The number of fused-ring (bicyclic) bond motifs is 1. The number of aromatic nitrogens is 1. The smallest absolute Gasteiger partial charge is 0.311 e. The van der Waals surface area contributed by atoms with Gasteiger partial charge in [0.1, 0.15) is 11.9 Å².